The highest BCUT2D eigenvalue weighted by Crippen LogP contribution is 2.67. The summed E-state index contributed by atoms with van der Waals surface area (Å²) in [6.07, 6.45) is 21.4. The van der Waals surface area contributed by atoms with Crippen LogP contribution in [0.25, 0.3) is 0 Å². The molecule has 0 aromatic heterocycles. The van der Waals surface area contributed by atoms with Gasteiger partial charge in [-0.1, -0.05) is 31.2 Å². The van der Waals surface area contributed by atoms with E-state index in [1.807, 2.05) is 5.25 Å². The van der Waals surface area contributed by atoms with E-state index in [2.05, 4.69) is 50.8 Å². The van der Waals surface area contributed by atoms with Gasteiger partial charge in [0.1, 0.15) is 0 Å². The minimum Gasteiger partial charge on any atom is -0.393 e. The second kappa shape index (κ2) is 9.37. The summed E-state index contributed by atoms with van der Waals surface area (Å²) in [5.41, 5.74) is 0.705. The molecule has 5 rings (SSSR count). The smallest absolute Gasteiger partial charge is 0.172 e. The highest BCUT2D eigenvalue weighted by molar-refractivity contribution is 8.32. The standard InChI is InChI=1S/C25H42O4S.C2H2S/c1-5-23-15-24(27,16-30(2,3)4)22-18-10-11-25(28-12-13-29-25)14-17(18)6-7-19(22)20(23)8-9-21(23)26;1-2-3/h6,18-22,26-27H,5,7-16H2,1-4H3;1,3H. The maximum atomic E-state index is 12.5. The van der Waals surface area contributed by atoms with Crippen LogP contribution < -0.4 is 0 Å². The molecule has 2 N–H and O–H groups in total. The number of ether oxygens (including phenoxy) is 2. The Morgan fingerprint density at radius 2 is 1.88 bits per heavy atom. The van der Waals surface area contributed by atoms with Gasteiger partial charge in [-0.05, 0) is 86.2 Å². The number of hydrogen-bond donors (Lipinski definition) is 3. The van der Waals surface area contributed by atoms with Crippen molar-refractivity contribution in [3.63, 3.8) is 0 Å². The Morgan fingerprint density at radius 1 is 1.21 bits per heavy atom. The quantitative estimate of drug-likeness (QED) is 0.304. The molecule has 6 heteroatoms. The van der Waals surface area contributed by atoms with Gasteiger partial charge in [0.25, 0.3) is 0 Å². The van der Waals surface area contributed by atoms with Crippen LogP contribution in [0.5, 0.6) is 0 Å². The highest BCUT2D eigenvalue weighted by atomic mass is 32.3. The Balaban J connectivity index is 0.000000821. The molecule has 0 radical (unpaired) electrons. The first kappa shape index (κ1) is 25.9. The van der Waals surface area contributed by atoms with Crippen molar-refractivity contribution in [3.05, 3.63) is 11.6 Å². The maximum Gasteiger partial charge on any atom is 0.172 e. The molecule has 0 bridgehead atoms. The molecule has 4 fully saturated rings. The molecule has 3 saturated carbocycles. The van der Waals surface area contributed by atoms with E-state index in [-0.39, 0.29) is 11.5 Å². The summed E-state index contributed by atoms with van der Waals surface area (Å²) in [5, 5.41) is 25.5. The van der Waals surface area contributed by atoms with Crippen LogP contribution in [0.2, 0.25) is 0 Å². The topological polar surface area (TPSA) is 58.9 Å². The monoisotopic (exact) mass is 496 g/mol. The van der Waals surface area contributed by atoms with Gasteiger partial charge in [0.05, 0.1) is 24.9 Å². The molecule has 33 heavy (non-hydrogen) atoms. The molecular formula is C27H44O4S2. The van der Waals surface area contributed by atoms with Crippen molar-refractivity contribution < 1.29 is 19.7 Å². The van der Waals surface area contributed by atoms with E-state index < -0.39 is 21.4 Å². The van der Waals surface area contributed by atoms with Crippen LogP contribution in [0.15, 0.2) is 11.6 Å². The number of aliphatic hydroxyl groups excluding tert-OH is 1. The summed E-state index contributed by atoms with van der Waals surface area (Å²) in [6.45, 7) is 3.66. The number of rotatable bonds is 3. The van der Waals surface area contributed by atoms with Crippen LogP contribution in [0.4, 0.5) is 0 Å². The number of allylic oxidation sites excluding steroid dienone is 1. The SMILES string of the molecule is C#CS.CCC12CC(O)(CS(C)(C)C)C3C4CCC5(CC4=CCC3C1CCC2O)OCCO5. The van der Waals surface area contributed by atoms with Gasteiger partial charge in [-0.3, -0.25) is 0 Å². The first-order valence-corrected chi connectivity index (χ1v) is 16.1. The molecule has 5 aliphatic rings. The molecule has 1 saturated heterocycles. The van der Waals surface area contributed by atoms with Crippen molar-refractivity contribution in [3.8, 4) is 11.7 Å². The van der Waals surface area contributed by atoms with Crippen LogP contribution in [-0.4, -0.2) is 65.4 Å². The number of aliphatic hydroxyl groups is 2. The average Bonchev–Trinajstić information content (AvgIpc) is 3.31. The van der Waals surface area contributed by atoms with Crippen LogP contribution in [0.3, 0.4) is 0 Å². The summed E-state index contributed by atoms with van der Waals surface area (Å²) in [6, 6.07) is 0. The molecule has 188 valence electrons. The lowest BCUT2D eigenvalue weighted by Crippen LogP contribution is -2.63. The van der Waals surface area contributed by atoms with Crippen LogP contribution in [-0.2, 0) is 9.47 Å². The van der Waals surface area contributed by atoms with Gasteiger partial charge in [0, 0.05) is 24.0 Å². The summed E-state index contributed by atoms with van der Waals surface area (Å²) >= 11 is 3.32. The third kappa shape index (κ3) is 4.56. The molecule has 1 heterocycles. The number of terminal acetylenes is 1. The average molecular weight is 497 g/mol. The summed E-state index contributed by atoms with van der Waals surface area (Å²) in [4.78, 5) is 0. The van der Waals surface area contributed by atoms with Crippen molar-refractivity contribution in [1.29, 1.82) is 0 Å². The molecule has 1 aliphatic heterocycles. The molecule has 1 spiro atoms. The predicted molar refractivity (Wildman–Crippen MR) is 141 cm³/mol. The van der Waals surface area contributed by atoms with Gasteiger partial charge < -0.3 is 19.7 Å². The van der Waals surface area contributed by atoms with E-state index in [1.165, 1.54) is 5.57 Å². The van der Waals surface area contributed by atoms with Crippen LogP contribution >= 0.6 is 22.7 Å². The molecular weight excluding hydrogens is 452 g/mol. The molecule has 7 unspecified atom stereocenters. The van der Waals surface area contributed by atoms with Crippen LogP contribution in [0, 0.1) is 40.8 Å². The number of thiol groups is 1. The third-order valence-corrected chi connectivity index (χ3v) is 10.8. The van der Waals surface area contributed by atoms with E-state index in [0.29, 0.717) is 36.9 Å². The largest absolute Gasteiger partial charge is 0.393 e. The lowest BCUT2D eigenvalue weighted by molar-refractivity contribution is -0.198. The van der Waals surface area contributed by atoms with Crippen molar-refractivity contribution in [1.82, 2.24) is 0 Å². The first-order chi connectivity index (χ1) is 15.5. The maximum absolute atomic E-state index is 12.5. The van der Waals surface area contributed by atoms with E-state index >= 15 is 0 Å². The van der Waals surface area contributed by atoms with Crippen LogP contribution in [0.1, 0.15) is 58.3 Å². The predicted octanol–water partition coefficient (Wildman–Crippen LogP) is 4.60. The Kier molecular flexibility index (Phi) is 7.36. The van der Waals surface area contributed by atoms with E-state index in [4.69, 9.17) is 9.47 Å². The van der Waals surface area contributed by atoms with Gasteiger partial charge in [-0.2, -0.15) is 0 Å². The van der Waals surface area contributed by atoms with E-state index in [1.54, 1.807) is 0 Å². The Morgan fingerprint density at radius 3 is 2.48 bits per heavy atom. The molecule has 4 aliphatic carbocycles. The fourth-order valence-corrected chi connectivity index (χ4v) is 10.4. The van der Waals surface area contributed by atoms with Gasteiger partial charge in [-0.15, -0.1) is 6.42 Å². The summed E-state index contributed by atoms with van der Waals surface area (Å²) in [5.74, 6) is 2.30. The van der Waals surface area contributed by atoms with Gasteiger partial charge in [0.15, 0.2) is 5.79 Å². The molecule has 0 amide bonds. The second-order valence-corrected chi connectivity index (χ2v) is 16.8. The fraction of sp³-hybridized carbons (Fsp3) is 0.852. The van der Waals surface area contributed by atoms with Gasteiger partial charge in [0.2, 0.25) is 0 Å². The minimum absolute atomic E-state index is 0.0977. The van der Waals surface area contributed by atoms with Crippen molar-refractivity contribution >= 4 is 22.7 Å². The number of hydrogen-bond acceptors (Lipinski definition) is 5. The summed E-state index contributed by atoms with van der Waals surface area (Å²) < 4.78 is 12.1. The lowest BCUT2D eigenvalue weighted by Gasteiger charge is -2.62. The van der Waals surface area contributed by atoms with Gasteiger partial charge in [-0.25, -0.2) is 10.0 Å². The van der Waals surface area contributed by atoms with Crippen molar-refractivity contribution in [2.75, 3.05) is 37.7 Å². The lowest BCUT2D eigenvalue weighted by atomic mass is 9.47. The van der Waals surface area contributed by atoms with E-state index in [9.17, 15) is 10.2 Å². The number of fused-ring (bicyclic) bond motifs is 5. The molecule has 7 atom stereocenters. The zero-order valence-corrected chi connectivity index (χ0v) is 22.6. The Bertz CT molecular complexity index is 793. The molecule has 4 nitrogen and oxygen atoms in total. The normalized spacial score (nSPS) is 43.9. The van der Waals surface area contributed by atoms with Crippen molar-refractivity contribution in [2.24, 2.45) is 29.1 Å². The minimum atomic E-state index is -0.874. The third-order valence-electron chi connectivity index (χ3n) is 9.41. The fourth-order valence-electron chi connectivity index (χ4n) is 8.64. The first-order valence-electron chi connectivity index (χ1n) is 12.7. The summed E-state index contributed by atoms with van der Waals surface area (Å²) in [7, 11) is -0.874. The van der Waals surface area contributed by atoms with Gasteiger partial charge >= 0.3 is 0 Å². The molecule has 0 aromatic carbocycles. The Hall–Kier alpha value is -0.160. The highest BCUT2D eigenvalue weighted by Gasteiger charge is 2.65. The second-order valence-electron chi connectivity index (χ2n) is 12.1. The zero-order valence-electron chi connectivity index (χ0n) is 20.9. The Labute approximate surface area is 208 Å². The zero-order chi connectivity index (χ0) is 24.1. The van der Waals surface area contributed by atoms with Crippen molar-refractivity contribution in [2.45, 2.75) is 75.8 Å². The van der Waals surface area contributed by atoms with E-state index in [0.717, 1.165) is 57.1 Å². The molecule has 0 aromatic rings.